The first-order chi connectivity index (χ1) is 12.2. The molecule has 5 nitrogen and oxygen atoms in total. The van der Waals surface area contributed by atoms with Crippen molar-refractivity contribution in [3.8, 4) is 0 Å². The molecule has 1 N–H and O–H groups in total. The van der Waals surface area contributed by atoms with Gasteiger partial charge in [-0.25, -0.2) is 9.97 Å². The fourth-order valence-corrected chi connectivity index (χ4v) is 4.01. The van der Waals surface area contributed by atoms with E-state index in [1.54, 1.807) is 0 Å². The van der Waals surface area contributed by atoms with Crippen LogP contribution in [-0.2, 0) is 12.8 Å². The molecule has 0 amide bonds. The summed E-state index contributed by atoms with van der Waals surface area (Å²) in [5.74, 6) is 2.06. The number of piperazine rings is 1. The Morgan fingerprint density at radius 1 is 1.04 bits per heavy atom. The summed E-state index contributed by atoms with van der Waals surface area (Å²) in [4.78, 5) is 14.5. The number of hydrogen-bond donors (Lipinski definition) is 1. The van der Waals surface area contributed by atoms with E-state index in [4.69, 9.17) is 9.97 Å². The average molecular weight is 337 g/mol. The van der Waals surface area contributed by atoms with E-state index < -0.39 is 0 Å². The molecule has 1 saturated heterocycles. The van der Waals surface area contributed by atoms with Gasteiger partial charge in [0, 0.05) is 38.2 Å². The summed E-state index contributed by atoms with van der Waals surface area (Å²) in [5.41, 5.74) is 3.97. The summed E-state index contributed by atoms with van der Waals surface area (Å²) in [7, 11) is 2.23. The maximum absolute atomic E-state index is 4.87. The second-order valence-corrected chi connectivity index (χ2v) is 7.12. The van der Waals surface area contributed by atoms with Crippen LogP contribution in [0.3, 0.4) is 0 Å². The van der Waals surface area contributed by atoms with Crippen LogP contribution >= 0.6 is 0 Å². The second kappa shape index (κ2) is 7.10. The van der Waals surface area contributed by atoms with E-state index in [1.165, 1.54) is 22.6 Å². The Labute approximate surface area is 150 Å². The minimum absolute atomic E-state index is 0.407. The summed E-state index contributed by atoms with van der Waals surface area (Å²) in [6.45, 7) is 7.11. The summed E-state index contributed by atoms with van der Waals surface area (Å²) < 4.78 is 0. The topological polar surface area (TPSA) is 44.3 Å². The third-order valence-corrected chi connectivity index (χ3v) is 5.40. The average Bonchev–Trinajstić information content (AvgIpc) is 2.87. The Morgan fingerprint density at radius 3 is 2.68 bits per heavy atom. The zero-order chi connectivity index (χ0) is 17.2. The van der Waals surface area contributed by atoms with Crippen molar-refractivity contribution < 1.29 is 0 Å². The Balaban J connectivity index is 1.67. The molecule has 1 unspecified atom stereocenters. The van der Waals surface area contributed by atoms with Crippen molar-refractivity contribution in [2.75, 3.05) is 44.7 Å². The van der Waals surface area contributed by atoms with E-state index in [0.717, 1.165) is 51.4 Å². The summed E-state index contributed by atoms with van der Waals surface area (Å²) in [6, 6.07) is 11.2. The van der Waals surface area contributed by atoms with Crippen molar-refractivity contribution in [2.45, 2.75) is 25.8 Å². The van der Waals surface area contributed by atoms with E-state index in [1.807, 2.05) is 6.92 Å². The third kappa shape index (κ3) is 3.39. The van der Waals surface area contributed by atoms with E-state index in [0.29, 0.717) is 6.04 Å². The molecule has 1 aromatic heterocycles. The highest BCUT2D eigenvalue weighted by Gasteiger charge is 2.29. The van der Waals surface area contributed by atoms with Gasteiger partial charge in [0.15, 0.2) is 0 Å². The van der Waals surface area contributed by atoms with Crippen LogP contribution in [0.2, 0.25) is 0 Å². The molecule has 1 atom stereocenters. The highest BCUT2D eigenvalue weighted by atomic mass is 15.3. The summed E-state index contributed by atoms with van der Waals surface area (Å²) >= 11 is 0. The molecule has 0 saturated carbocycles. The lowest BCUT2D eigenvalue weighted by molar-refractivity contribution is 0.220. The number of rotatable bonds is 2. The number of aryl methyl sites for hydroxylation is 1. The van der Waals surface area contributed by atoms with Crippen LogP contribution < -0.4 is 10.2 Å². The van der Waals surface area contributed by atoms with Gasteiger partial charge in [-0.15, -0.1) is 0 Å². The van der Waals surface area contributed by atoms with Gasteiger partial charge in [0.2, 0.25) is 0 Å². The quantitative estimate of drug-likeness (QED) is 0.908. The van der Waals surface area contributed by atoms with Gasteiger partial charge in [-0.2, -0.15) is 0 Å². The minimum atomic E-state index is 0.407. The van der Waals surface area contributed by atoms with Crippen molar-refractivity contribution in [1.82, 2.24) is 20.2 Å². The molecule has 0 aliphatic carbocycles. The highest BCUT2D eigenvalue weighted by Crippen LogP contribution is 2.30. The van der Waals surface area contributed by atoms with E-state index in [2.05, 4.69) is 52.5 Å². The number of hydrogen-bond acceptors (Lipinski definition) is 5. The van der Waals surface area contributed by atoms with Crippen molar-refractivity contribution >= 4 is 5.82 Å². The van der Waals surface area contributed by atoms with E-state index in [-0.39, 0.29) is 0 Å². The maximum atomic E-state index is 4.87. The number of likely N-dealkylation sites (N-methyl/N-ethyl adjacent to an activating group) is 1. The molecule has 0 spiro atoms. The molecule has 3 heterocycles. The first-order valence-electron chi connectivity index (χ1n) is 9.29. The zero-order valence-electron chi connectivity index (χ0n) is 15.2. The molecule has 0 radical (unpaired) electrons. The minimum Gasteiger partial charge on any atom is -0.353 e. The van der Waals surface area contributed by atoms with Crippen molar-refractivity contribution in [3.05, 3.63) is 53.0 Å². The summed E-state index contributed by atoms with van der Waals surface area (Å²) in [6.07, 6.45) is 2.02. The number of nitrogens with zero attached hydrogens (tertiary/aromatic N) is 4. The van der Waals surface area contributed by atoms with Gasteiger partial charge in [0.05, 0.1) is 11.7 Å². The zero-order valence-corrected chi connectivity index (χ0v) is 15.2. The maximum Gasteiger partial charge on any atom is 0.135 e. The lowest BCUT2D eigenvalue weighted by Crippen LogP contribution is -2.47. The first kappa shape index (κ1) is 16.5. The van der Waals surface area contributed by atoms with Gasteiger partial charge in [-0.3, -0.25) is 4.90 Å². The number of anilines is 1. The molecule has 1 aromatic carbocycles. The standard InChI is InChI=1S/C20H27N5/c1-15-22-18-9-11-21-10-8-17(18)20(23-15)25-13-12-24(2)19(14-25)16-6-4-3-5-7-16/h3-7,19,21H,8-14H2,1-2H3. The molecule has 25 heavy (non-hydrogen) atoms. The van der Waals surface area contributed by atoms with E-state index >= 15 is 0 Å². The normalized spacial score (nSPS) is 21.7. The predicted octanol–water partition coefficient (Wildman–Crippen LogP) is 1.97. The van der Waals surface area contributed by atoms with Gasteiger partial charge in [0.1, 0.15) is 11.6 Å². The van der Waals surface area contributed by atoms with Gasteiger partial charge in [0.25, 0.3) is 0 Å². The largest absolute Gasteiger partial charge is 0.353 e. The first-order valence-corrected chi connectivity index (χ1v) is 9.29. The molecule has 2 aliphatic heterocycles. The predicted molar refractivity (Wildman–Crippen MR) is 101 cm³/mol. The number of benzene rings is 1. The highest BCUT2D eigenvalue weighted by molar-refractivity contribution is 5.51. The van der Waals surface area contributed by atoms with Crippen LogP contribution in [0.1, 0.15) is 28.7 Å². The molecule has 2 aliphatic rings. The Hall–Kier alpha value is -1.98. The van der Waals surface area contributed by atoms with Crippen molar-refractivity contribution in [2.24, 2.45) is 0 Å². The molecule has 1 fully saturated rings. The molecule has 5 heteroatoms. The molecule has 132 valence electrons. The van der Waals surface area contributed by atoms with Crippen LogP contribution in [0.15, 0.2) is 30.3 Å². The van der Waals surface area contributed by atoms with Crippen LogP contribution in [0.25, 0.3) is 0 Å². The van der Waals surface area contributed by atoms with Crippen molar-refractivity contribution in [3.63, 3.8) is 0 Å². The number of nitrogens with one attached hydrogen (secondary N) is 1. The molecule has 0 bridgehead atoms. The van der Waals surface area contributed by atoms with Crippen LogP contribution in [-0.4, -0.2) is 54.6 Å². The van der Waals surface area contributed by atoms with Gasteiger partial charge < -0.3 is 10.2 Å². The van der Waals surface area contributed by atoms with Crippen LogP contribution in [0.5, 0.6) is 0 Å². The lowest BCUT2D eigenvalue weighted by atomic mass is 10.0. The van der Waals surface area contributed by atoms with Gasteiger partial charge in [-0.05, 0) is 32.5 Å². The lowest BCUT2D eigenvalue weighted by Gasteiger charge is -2.41. The second-order valence-electron chi connectivity index (χ2n) is 7.12. The summed E-state index contributed by atoms with van der Waals surface area (Å²) in [5, 5.41) is 3.49. The van der Waals surface area contributed by atoms with Gasteiger partial charge in [-0.1, -0.05) is 30.3 Å². The third-order valence-electron chi connectivity index (χ3n) is 5.40. The van der Waals surface area contributed by atoms with Crippen molar-refractivity contribution in [1.29, 1.82) is 0 Å². The van der Waals surface area contributed by atoms with Crippen LogP contribution in [0, 0.1) is 6.92 Å². The molecule has 2 aromatic rings. The smallest absolute Gasteiger partial charge is 0.135 e. The van der Waals surface area contributed by atoms with E-state index in [9.17, 15) is 0 Å². The fourth-order valence-electron chi connectivity index (χ4n) is 4.01. The number of fused-ring (bicyclic) bond motifs is 1. The number of aromatic nitrogens is 2. The molecular weight excluding hydrogens is 310 g/mol. The Bertz CT molecular complexity index is 730. The molecular formula is C20H27N5. The van der Waals surface area contributed by atoms with Gasteiger partial charge >= 0.3 is 0 Å². The Kier molecular flexibility index (Phi) is 4.68. The SMILES string of the molecule is Cc1nc2c(c(N3CCN(C)C(c4ccccc4)C3)n1)CCNCC2. The fraction of sp³-hybridized carbons (Fsp3) is 0.500. The molecule has 4 rings (SSSR count). The van der Waals surface area contributed by atoms with Crippen LogP contribution in [0.4, 0.5) is 5.82 Å². The Morgan fingerprint density at radius 2 is 1.84 bits per heavy atom. The monoisotopic (exact) mass is 337 g/mol.